The number of aromatic nitrogens is 2. The first-order chi connectivity index (χ1) is 8.69. The van der Waals surface area contributed by atoms with Gasteiger partial charge in [-0.3, -0.25) is 0 Å². The first kappa shape index (κ1) is 12.0. The predicted molar refractivity (Wildman–Crippen MR) is 59.9 cm³/mol. The van der Waals surface area contributed by atoms with E-state index >= 15 is 0 Å². The van der Waals surface area contributed by atoms with Crippen LogP contribution in [0.3, 0.4) is 0 Å². The number of carbonyl (C=O) groups is 1. The Hall–Kier alpha value is -2.44. The van der Waals surface area contributed by atoms with E-state index in [0.717, 1.165) is 0 Å². The molecule has 1 aromatic carbocycles. The number of rotatable bonds is 4. The van der Waals surface area contributed by atoms with E-state index in [1.165, 1.54) is 18.2 Å². The molecule has 94 valence electrons. The maximum absolute atomic E-state index is 12.9. The predicted octanol–water partition coefficient (Wildman–Crippen LogP) is 2.13. The van der Waals surface area contributed by atoms with E-state index < -0.39 is 11.8 Å². The summed E-state index contributed by atoms with van der Waals surface area (Å²) in [4.78, 5) is 11.3. The topological polar surface area (TPSA) is 77.2 Å². The summed E-state index contributed by atoms with van der Waals surface area (Å²) >= 11 is 0. The van der Waals surface area contributed by atoms with Crippen molar-refractivity contribution >= 4 is 17.7 Å². The third kappa shape index (κ3) is 2.82. The van der Waals surface area contributed by atoms with Crippen LogP contribution in [-0.4, -0.2) is 22.8 Å². The van der Waals surface area contributed by atoms with Gasteiger partial charge in [0, 0.05) is 5.69 Å². The molecule has 6 nitrogen and oxygen atoms in total. The summed E-state index contributed by atoms with van der Waals surface area (Å²) in [6.45, 7) is 1.88. The molecule has 0 unspecified atom stereocenters. The van der Waals surface area contributed by atoms with E-state index in [4.69, 9.17) is 4.42 Å². The van der Waals surface area contributed by atoms with Gasteiger partial charge in [0.15, 0.2) is 0 Å². The Morgan fingerprint density at radius 2 is 2.33 bits per heavy atom. The van der Waals surface area contributed by atoms with Crippen LogP contribution >= 0.6 is 0 Å². The van der Waals surface area contributed by atoms with Crippen molar-refractivity contribution in [1.29, 1.82) is 0 Å². The zero-order valence-electron chi connectivity index (χ0n) is 9.51. The summed E-state index contributed by atoms with van der Waals surface area (Å²) in [5.74, 6) is -1.35. The minimum absolute atomic E-state index is 0.0105. The van der Waals surface area contributed by atoms with Crippen LogP contribution < -0.4 is 5.32 Å². The number of benzene rings is 1. The van der Waals surface area contributed by atoms with E-state index in [9.17, 15) is 9.18 Å². The van der Waals surface area contributed by atoms with Gasteiger partial charge in [0.25, 0.3) is 0 Å². The summed E-state index contributed by atoms with van der Waals surface area (Å²) in [7, 11) is 0. The zero-order valence-corrected chi connectivity index (χ0v) is 9.51. The van der Waals surface area contributed by atoms with Crippen LogP contribution in [0.2, 0.25) is 0 Å². The molecule has 1 aromatic heterocycles. The fraction of sp³-hybridized carbons (Fsp3) is 0.182. The molecule has 0 atom stereocenters. The molecule has 2 rings (SSSR count). The van der Waals surface area contributed by atoms with Crippen molar-refractivity contribution in [3.63, 3.8) is 0 Å². The third-order valence-electron chi connectivity index (χ3n) is 1.95. The quantitative estimate of drug-likeness (QED) is 0.839. The molecule has 0 spiro atoms. The molecule has 0 amide bonds. The van der Waals surface area contributed by atoms with E-state index in [2.05, 4.69) is 20.3 Å². The molecule has 1 N–H and O–H groups in total. The number of carbonyl (C=O) groups excluding carboxylic acids is 1. The SMILES string of the molecule is CCOC(=O)c1nnc(Nc2cccc(F)c2)o1. The molecule has 0 saturated carbocycles. The normalized spacial score (nSPS) is 10.1. The molecule has 0 saturated heterocycles. The van der Waals surface area contributed by atoms with E-state index in [1.807, 2.05) is 0 Å². The average molecular weight is 251 g/mol. The van der Waals surface area contributed by atoms with Crippen LogP contribution in [0, 0.1) is 5.82 Å². The lowest BCUT2D eigenvalue weighted by molar-refractivity contribution is 0.0481. The van der Waals surface area contributed by atoms with E-state index in [1.54, 1.807) is 13.0 Å². The highest BCUT2D eigenvalue weighted by Gasteiger charge is 2.15. The fourth-order valence-electron chi connectivity index (χ4n) is 1.24. The van der Waals surface area contributed by atoms with Crippen LogP contribution in [0.5, 0.6) is 0 Å². The minimum Gasteiger partial charge on any atom is -0.459 e. The highest BCUT2D eigenvalue weighted by atomic mass is 19.1. The van der Waals surface area contributed by atoms with Crippen LogP contribution in [0.15, 0.2) is 28.7 Å². The maximum atomic E-state index is 12.9. The number of hydrogen-bond donors (Lipinski definition) is 1. The number of halogens is 1. The lowest BCUT2D eigenvalue weighted by Gasteiger charge is -2.00. The monoisotopic (exact) mass is 251 g/mol. The first-order valence-electron chi connectivity index (χ1n) is 5.22. The number of anilines is 2. The Bertz CT molecular complexity index is 556. The van der Waals surface area contributed by atoms with Gasteiger partial charge in [-0.2, -0.15) is 0 Å². The fourth-order valence-corrected chi connectivity index (χ4v) is 1.24. The summed E-state index contributed by atoms with van der Waals surface area (Å²) in [5, 5.41) is 9.77. The molecule has 2 aromatic rings. The van der Waals surface area contributed by atoms with Gasteiger partial charge < -0.3 is 14.5 Å². The van der Waals surface area contributed by atoms with Gasteiger partial charge >= 0.3 is 17.9 Å². The number of esters is 1. The smallest absolute Gasteiger partial charge is 0.396 e. The highest BCUT2D eigenvalue weighted by molar-refractivity contribution is 5.84. The van der Waals surface area contributed by atoms with Gasteiger partial charge in [0.2, 0.25) is 0 Å². The van der Waals surface area contributed by atoms with Crippen molar-refractivity contribution in [3.05, 3.63) is 36.0 Å². The number of ether oxygens (including phenoxy) is 1. The van der Waals surface area contributed by atoms with Crippen LogP contribution in [0.4, 0.5) is 16.1 Å². The zero-order chi connectivity index (χ0) is 13.0. The molecular formula is C11H10FN3O3. The van der Waals surface area contributed by atoms with Gasteiger partial charge in [-0.25, -0.2) is 9.18 Å². The van der Waals surface area contributed by atoms with Gasteiger partial charge in [-0.05, 0) is 25.1 Å². The van der Waals surface area contributed by atoms with Crippen molar-refractivity contribution in [2.24, 2.45) is 0 Å². The van der Waals surface area contributed by atoms with Crippen LogP contribution in [-0.2, 0) is 4.74 Å². The molecule has 0 aliphatic rings. The van der Waals surface area contributed by atoms with Crippen molar-refractivity contribution < 1.29 is 18.3 Å². The molecule has 0 radical (unpaired) electrons. The molecule has 1 heterocycles. The van der Waals surface area contributed by atoms with Gasteiger partial charge in [-0.1, -0.05) is 16.3 Å². The Kier molecular flexibility index (Phi) is 3.52. The highest BCUT2D eigenvalue weighted by Crippen LogP contribution is 2.16. The Morgan fingerprint density at radius 1 is 1.50 bits per heavy atom. The third-order valence-corrected chi connectivity index (χ3v) is 1.95. The molecule has 0 aliphatic carbocycles. The second-order valence-electron chi connectivity index (χ2n) is 3.27. The molecule has 0 fully saturated rings. The maximum Gasteiger partial charge on any atom is 0.396 e. The number of nitrogens with one attached hydrogen (secondary N) is 1. The average Bonchev–Trinajstić information content (AvgIpc) is 2.78. The Morgan fingerprint density at radius 3 is 3.06 bits per heavy atom. The summed E-state index contributed by atoms with van der Waals surface area (Å²) < 4.78 is 22.6. The molecule has 0 bridgehead atoms. The standard InChI is InChI=1S/C11H10FN3O3/c1-2-17-10(16)9-14-15-11(18-9)13-8-5-3-4-7(12)6-8/h3-6H,2H2,1H3,(H,13,15). The first-order valence-corrected chi connectivity index (χ1v) is 5.22. The van der Waals surface area contributed by atoms with Gasteiger partial charge in [0.1, 0.15) is 5.82 Å². The minimum atomic E-state index is -0.697. The summed E-state index contributed by atoms with van der Waals surface area (Å²) in [6, 6.07) is 5.71. The second kappa shape index (κ2) is 5.26. The second-order valence-corrected chi connectivity index (χ2v) is 3.27. The molecule has 7 heteroatoms. The summed E-state index contributed by atoms with van der Waals surface area (Å²) in [6.07, 6.45) is 0. The molecule has 18 heavy (non-hydrogen) atoms. The van der Waals surface area contributed by atoms with Gasteiger partial charge in [-0.15, -0.1) is 0 Å². The van der Waals surface area contributed by atoms with Gasteiger partial charge in [0.05, 0.1) is 6.61 Å². The lowest BCUT2D eigenvalue weighted by Crippen LogP contribution is -2.04. The van der Waals surface area contributed by atoms with Crippen LogP contribution in [0.1, 0.15) is 17.6 Å². The number of hydrogen-bond acceptors (Lipinski definition) is 6. The number of nitrogens with zero attached hydrogens (tertiary/aromatic N) is 2. The molecular weight excluding hydrogens is 241 g/mol. The Balaban J connectivity index is 2.09. The van der Waals surface area contributed by atoms with Crippen molar-refractivity contribution in [2.45, 2.75) is 6.92 Å². The van der Waals surface area contributed by atoms with Crippen LogP contribution in [0.25, 0.3) is 0 Å². The van der Waals surface area contributed by atoms with E-state index in [0.29, 0.717) is 5.69 Å². The summed E-state index contributed by atoms with van der Waals surface area (Å²) in [5.41, 5.74) is 0.439. The van der Waals surface area contributed by atoms with Crippen molar-refractivity contribution in [1.82, 2.24) is 10.2 Å². The Labute approximate surface area is 102 Å². The van der Waals surface area contributed by atoms with E-state index in [-0.39, 0.29) is 18.5 Å². The van der Waals surface area contributed by atoms with Crippen molar-refractivity contribution in [2.75, 3.05) is 11.9 Å². The molecule has 0 aliphatic heterocycles. The lowest BCUT2D eigenvalue weighted by atomic mass is 10.3. The largest absolute Gasteiger partial charge is 0.459 e. The van der Waals surface area contributed by atoms with Crippen molar-refractivity contribution in [3.8, 4) is 0 Å².